The topological polar surface area (TPSA) is 96.7 Å². The fourth-order valence-corrected chi connectivity index (χ4v) is 1.79. The van der Waals surface area contributed by atoms with E-state index in [-0.39, 0.29) is 18.5 Å². The lowest BCUT2D eigenvalue weighted by atomic mass is 10.1. The van der Waals surface area contributed by atoms with Gasteiger partial charge in [-0.2, -0.15) is 0 Å². The van der Waals surface area contributed by atoms with E-state index in [1.165, 1.54) is 0 Å². The van der Waals surface area contributed by atoms with Gasteiger partial charge in [-0.05, 0) is 12.8 Å². The maximum absolute atomic E-state index is 11.6. The minimum atomic E-state index is -0.481. The largest absolute Gasteiger partial charge is 0.383 e. The summed E-state index contributed by atoms with van der Waals surface area (Å²) in [5, 5.41) is 4.80. The number of nitrogens with zero attached hydrogens (tertiary/aromatic N) is 1. The summed E-state index contributed by atoms with van der Waals surface area (Å²) < 4.78 is 4.78. The molecule has 0 saturated carbocycles. The smallest absolute Gasteiger partial charge is 0.321 e. The van der Waals surface area contributed by atoms with E-state index >= 15 is 0 Å². The zero-order valence-corrected chi connectivity index (χ0v) is 10.8. The van der Waals surface area contributed by atoms with Crippen molar-refractivity contribution in [3.05, 3.63) is 0 Å². The van der Waals surface area contributed by atoms with Gasteiger partial charge in [-0.25, -0.2) is 4.79 Å². The van der Waals surface area contributed by atoms with E-state index < -0.39 is 6.03 Å². The number of carbonyl (C=O) groups is 2. The van der Waals surface area contributed by atoms with Gasteiger partial charge in [-0.3, -0.25) is 15.0 Å². The molecule has 0 aromatic carbocycles. The summed E-state index contributed by atoms with van der Waals surface area (Å²) in [6, 6.07) is -0.243. The number of methoxy groups -OCH3 is 1. The quantitative estimate of drug-likeness (QED) is 0.543. The third-order valence-corrected chi connectivity index (χ3v) is 2.84. The number of likely N-dealkylation sites (tertiary alicyclic amines) is 1. The van der Waals surface area contributed by atoms with Crippen molar-refractivity contribution < 1.29 is 14.3 Å². The standard InChI is InChI=1S/C11H22N4O3/c1-18-7-4-13-11(17)14-10(16)8-15-5-2-9(12)3-6-15/h9H,2-8,12H2,1H3,(H2,13,14,16,17). The lowest BCUT2D eigenvalue weighted by Crippen LogP contribution is -2.48. The molecule has 1 aliphatic heterocycles. The zero-order chi connectivity index (χ0) is 13.4. The van der Waals surface area contributed by atoms with Crippen molar-refractivity contribution in [3.63, 3.8) is 0 Å². The van der Waals surface area contributed by atoms with Crippen LogP contribution in [0.3, 0.4) is 0 Å². The summed E-state index contributed by atoms with van der Waals surface area (Å²) in [6.45, 7) is 2.66. The van der Waals surface area contributed by atoms with Crippen LogP contribution in [0.15, 0.2) is 0 Å². The van der Waals surface area contributed by atoms with E-state index in [2.05, 4.69) is 10.6 Å². The summed E-state index contributed by atoms with van der Waals surface area (Å²) in [5.41, 5.74) is 5.77. The van der Waals surface area contributed by atoms with E-state index in [4.69, 9.17) is 10.5 Å². The summed E-state index contributed by atoms with van der Waals surface area (Å²) in [7, 11) is 1.55. The predicted molar refractivity (Wildman–Crippen MR) is 67.1 cm³/mol. The Bertz CT molecular complexity index is 277. The number of urea groups is 1. The number of ether oxygens (including phenoxy) is 1. The number of nitrogens with one attached hydrogen (secondary N) is 2. The second kappa shape index (κ2) is 8.02. The van der Waals surface area contributed by atoms with Crippen LogP contribution in [0, 0.1) is 0 Å². The second-order valence-corrected chi connectivity index (χ2v) is 4.41. The Morgan fingerprint density at radius 2 is 2.06 bits per heavy atom. The second-order valence-electron chi connectivity index (χ2n) is 4.41. The van der Waals surface area contributed by atoms with Gasteiger partial charge < -0.3 is 15.8 Å². The van der Waals surface area contributed by atoms with Crippen molar-refractivity contribution in [2.24, 2.45) is 5.73 Å². The summed E-state index contributed by atoms with van der Waals surface area (Å²) >= 11 is 0. The molecule has 104 valence electrons. The van der Waals surface area contributed by atoms with Gasteiger partial charge in [0.25, 0.3) is 0 Å². The lowest BCUT2D eigenvalue weighted by molar-refractivity contribution is -0.121. The maximum atomic E-state index is 11.6. The molecule has 1 aliphatic rings. The molecule has 0 spiro atoms. The molecule has 7 heteroatoms. The molecule has 0 aromatic heterocycles. The molecule has 0 atom stereocenters. The number of piperidine rings is 1. The first-order valence-electron chi connectivity index (χ1n) is 6.16. The highest BCUT2D eigenvalue weighted by molar-refractivity contribution is 5.95. The van der Waals surface area contributed by atoms with E-state index in [1.807, 2.05) is 4.90 Å². The van der Waals surface area contributed by atoms with Gasteiger partial charge in [-0.15, -0.1) is 0 Å². The molecule has 0 aliphatic carbocycles. The first-order chi connectivity index (χ1) is 8.61. The summed E-state index contributed by atoms with van der Waals surface area (Å²) in [5.74, 6) is -0.291. The van der Waals surface area contributed by atoms with Gasteiger partial charge in [0.1, 0.15) is 0 Å². The van der Waals surface area contributed by atoms with Gasteiger partial charge >= 0.3 is 6.03 Å². The highest BCUT2D eigenvalue weighted by Crippen LogP contribution is 2.06. The fraction of sp³-hybridized carbons (Fsp3) is 0.818. The SMILES string of the molecule is COCCNC(=O)NC(=O)CN1CCC(N)CC1. The highest BCUT2D eigenvalue weighted by atomic mass is 16.5. The van der Waals surface area contributed by atoms with Crippen LogP contribution in [-0.2, 0) is 9.53 Å². The number of hydrogen-bond acceptors (Lipinski definition) is 5. The first kappa shape index (κ1) is 14.9. The Kier molecular flexibility index (Phi) is 6.63. The lowest BCUT2D eigenvalue weighted by Gasteiger charge is -2.29. The molecule has 4 N–H and O–H groups in total. The molecule has 7 nitrogen and oxygen atoms in total. The molecule has 1 heterocycles. The maximum Gasteiger partial charge on any atom is 0.321 e. The van der Waals surface area contributed by atoms with Gasteiger partial charge in [-0.1, -0.05) is 0 Å². The molecule has 3 amide bonds. The van der Waals surface area contributed by atoms with Crippen LogP contribution in [0.1, 0.15) is 12.8 Å². The molecule has 0 radical (unpaired) electrons. The normalized spacial score (nSPS) is 17.4. The minimum absolute atomic E-state index is 0.238. The van der Waals surface area contributed by atoms with Gasteiger partial charge in [0.2, 0.25) is 5.91 Å². The Hall–Kier alpha value is -1.18. The molecule has 1 fully saturated rings. The monoisotopic (exact) mass is 258 g/mol. The molecule has 0 aromatic rings. The highest BCUT2D eigenvalue weighted by Gasteiger charge is 2.18. The number of amides is 3. The van der Waals surface area contributed by atoms with Gasteiger partial charge in [0.05, 0.1) is 13.2 Å². The minimum Gasteiger partial charge on any atom is -0.383 e. The Morgan fingerprint density at radius 1 is 1.39 bits per heavy atom. The number of carbonyl (C=O) groups excluding carboxylic acids is 2. The Balaban J connectivity index is 2.14. The zero-order valence-electron chi connectivity index (χ0n) is 10.8. The molecule has 0 unspecified atom stereocenters. The number of imide groups is 1. The number of nitrogens with two attached hydrogens (primary N) is 1. The third-order valence-electron chi connectivity index (χ3n) is 2.84. The molecule has 0 bridgehead atoms. The summed E-state index contributed by atoms with van der Waals surface area (Å²) in [6.07, 6.45) is 1.79. The van der Waals surface area contributed by atoms with Crippen LogP contribution in [0.25, 0.3) is 0 Å². The molecular weight excluding hydrogens is 236 g/mol. The van der Waals surface area contributed by atoms with Crippen molar-refractivity contribution in [2.75, 3.05) is 39.9 Å². The van der Waals surface area contributed by atoms with E-state index in [1.54, 1.807) is 7.11 Å². The average Bonchev–Trinajstić information content (AvgIpc) is 2.32. The number of hydrogen-bond donors (Lipinski definition) is 3. The first-order valence-corrected chi connectivity index (χ1v) is 6.16. The molecule has 1 saturated heterocycles. The fourth-order valence-electron chi connectivity index (χ4n) is 1.79. The number of rotatable bonds is 5. The van der Waals surface area contributed by atoms with Crippen molar-refractivity contribution in [2.45, 2.75) is 18.9 Å². The summed E-state index contributed by atoms with van der Waals surface area (Å²) in [4.78, 5) is 24.8. The third kappa shape index (κ3) is 5.95. The van der Waals surface area contributed by atoms with Crippen molar-refractivity contribution in [1.29, 1.82) is 0 Å². The van der Waals surface area contributed by atoms with Crippen LogP contribution >= 0.6 is 0 Å². The van der Waals surface area contributed by atoms with Crippen LogP contribution in [0.4, 0.5) is 4.79 Å². The van der Waals surface area contributed by atoms with E-state index in [9.17, 15) is 9.59 Å². The van der Waals surface area contributed by atoms with Crippen molar-refractivity contribution >= 4 is 11.9 Å². The van der Waals surface area contributed by atoms with Crippen molar-refractivity contribution in [3.8, 4) is 0 Å². The van der Waals surface area contributed by atoms with Crippen LogP contribution in [0.2, 0.25) is 0 Å². The average molecular weight is 258 g/mol. The van der Waals surface area contributed by atoms with Crippen LogP contribution in [0.5, 0.6) is 0 Å². The van der Waals surface area contributed by atoms with Crippen molar-refractivity contribution in [1.82, 2.24) is 15.5 Å². The van der Waals surface area contributed by atoms with Gasteiger partial charge in [0.15, 0.2) is 0 Å². The van der Waals surface area contributed by atoms with Crippen LogP contribution in [-0.4, -0.2) is 62.8 Å². The van der Waals surface area contributed by atoms with E-state index in [0.717, 1.165) is 25.9 Å². The Morgan fingerprint density at radius 3 is 2.67 bits per heavy atom. The van der Waals surface area contributed by atoms with Gasteiger partial charge in [0, 0.05) is 32.8 Å². The Labute approximate surface area is 107 Å². The van der Waals surface area contributed by atoms with Crippen LogP contribution < -0.4 is 16.4 Å². The van der Waals surface area contributed by atoms with E-state index in [0.29, 0.717) is 13.2 Å². The molecule has 18 heavy (non-hydrogen) atoms. The predicted octanol–water partition coefficient (Wildman–Crippen LogP) is -1.12. The molecular formula is C11H22N4O3. The molecule has 1 rings (SSSR count).